The quantitative estimate of drug-likeness (QED) is 0.164. The summed E-state index contributed by atoms with van der Waals surface area (Å²) >= 11 is 13.8. The molecule has 6 aromatic rings. The van der Waals surface area contributed by atoms with Crippen LogP contribution in [0.1, 0.15) is 33.4 Å². The number of hydrogen-bond acceptors (Lipinski definition) is 4. The summed E-state index contributed by atoms with van der Waals surface area (Å²) in [6.45, 7) is 0. The molecule has 2 heterocycles. The Kier molecular flexibility index (Phi) is 7.68. The number of benzene rings is 6. The van der Waals surface area contributed by atoms with Gasteiger partial charge >= 0.3 is 0 Å². The van der Waals surface area contributed by atoms with E-state index in [4.69, 9.17) is 43.2 Å². The van der Waals surface area contributed by atoms with E-state index in [9.17, 15) is 0 Å². The van der Waals surface area contributed by atoms with Crippen molar-refractivity contribution in [3.05, 3.63) is 213 Å². The van der Waals surface area contributed by atoms with Gasteiger partial charge in [0.05, 0.1) is 21.5 Å². The van der Waals surface area contributed by atoms with Gasteiger partial charge in [-0.2, -0.15) is 0 Å². The van der Waals surface area contributed by atoms with E-state index in [0.717, 1.165) is 44.8 Å². The third kappa shape index (κ3) is 4.76. The Morgan fingerprint density at radius 2 is 0.667 bits per heavy atom. The van der Waals surface area contributed by atoms with Gasteiger partial charge in [0, 0.05) is 11.1 Å². The van der Waals surface area contributed by atoms with Crippen LogP contribution in [-0.2, 0) is 11.1 Å². The predicted octanol–water partition coefficient (Wildman–Crippen LogP) is 9.98. The van der Waals surface area contributed by atoms with Crippen LogP contribution in [0, 0.1) is 0 Å². The fraction of sp³-hybridized carbons (Fsp3) is 0.0476. The monoisotopic (exact) mass is 658 g/mol. The molecule has 4 nitrogen and oxygen atoms in total. The molecule has 0 aliphatic carbocycles. The van der Waals surface area contributed by atoms with Gasteiger partial charge in [-0.1, -0.05) is 169 Å². The Balaban J connectivity index is 1.58. The molecule has 0 spiro atoms. The van der Waals surface area contributed by atoms with Crippen LogP contribution in [0.15, 0.2) is 190 Å². The molecule has 0 saturated heterocycles. The third-order valence-corrected chi connectivity index (χ3v) is 9.56. The topological polar surface area (TPSA) is 49.4 Å². The number of halogens is 2. The zero-order valence-electron chi connectivity index (χ0n) is 25.7. The Hall–Kier alpha value is -5.42. The molecule has 0 bridgehead atoms. The molecule has 2 atom stereocenters. The number of hydrogen-bond donors (Lipinski definition) is 0. The van der Waals surface area contributed by atoms with Crippen LogP contribution >= 0.6 is 23.2 Å². The van der Waals surface area contributed by atoms with E-state index in [1.54, 1.807) is 0 Å². The van der Waals surface area contributed by atoms with Crippen LogP contribution < -0.4 is 0 Å². The summed E-state index contributed by atoms with van der Waals surface area (Å²) < 4.78 is 0. The van der Waals surface area contributed by atoms with Gasteiger partial charge < -0.3 is 0 Å². The standard InChI is InChI=1S/C42H28Cl2N4/c43-35-27-15-13-25-33(35)39-45-37(29-17-5-1-6-18-29)41(47-39,31-21-9-3-10-22-31)42(32-23-11-4-12-24-32)38(30-19-7-2-8-20-30)46-40(48-42)34-26-14-16-28-36(34)44/h1-28H. The number of rotatable bonds is 7. The molecule has 0 fully saturated rings. The van der Waals surface area contributed by atoms with Crippen molar-refractivity contribution in [1.29, 1.82) is 0 Å². The smallest absolute Gasteiger partial charge is 0.165 e. The second kappa shape index (κ2) is 12.3. The maximum Gasteiger partial charge on any atom is 0.165 e. The van der Waals surface area contributed by atoms with E-state index in [1.807, 2.05) is 121 Å². The molecule has 0 saturated carbocycles. The van der Waals surface area contributed by atoms with Gasteiger partial charge in [0.1, 0.15) is 0 Å². The maximum absolute atomic E-state index is 6.88. The van der Waals surface area contributed by atoms with Crippen molar-refractivity contribution in [3.8, 4) is 0 Å². The molecule has 48 heavy (non-hydrogen) atoms. The van der Waals surface area contributed by atoms with Crippen LogP contribution in [0.3, 0.4) is 0 Å². The fourth-order valence-corrected chi connectivity index (χ4v) is 7.24. The molecule has 2 aliphatic rings. The van der Waals surface area contributed by atoms with Crippen molar-refractivity contribution in [2.75, 3.05) is 0 Å². The van der Waals surface area contributed by atoms with E-state index in [0.29, 0.717) is 21.7 Å². The van der Waals surface area contributed by atoms with Gasteiger partial charge in [-0.3, -0.25) is 0 Å². The lowest BCUT2D eigenvalue weighted by Gasteiger charge is -2.44. The first-order chi connectivity index (χ1) is 23.6. The lowest BCUT2D eigenvalue weighted by atomic mass is 9.62. The normalized spacial score (nSPS) is 20.1. The Morgan fingerprint density at radius 1 is 0.354 bits per heavy atom. The zero-order chi connectivity index (χ0) is 32.6. The summed E-state index contributed by atoms with van der Waals surface area (Å²) in [5.74, 6) is 1.04. The lowest BCUT2D eigenvalue weighted by Crippen LogP contribution is -2.55. The fourth-order valence-electron chi connectivity index (χ4n) is 6.80. The zero-order valence-corrected chi connectivity index (χ0v) is 27.2. The minimum atomic E-state index is -1.25. The highest BCUT2D eigenvalue weighted by atomic mass is 35.5. The predicted molar refractivity (Wildman–Crippen MR) is 198 cm³/mol. The minimum absolute atomic E-state index is 0.521. The maximum atomic E-state index is 6.88. The molecule has 0 radical (unpaired) electrons. The first-order valence-corrected chi connectivity index (χ1v) is 16.5. The molecule has 230 valence electrons. The molecule has 2 aliphatic heterocycles. The van der Waals surface area contributed by atoms with Gasteiger partial charge in [-0.25, -0.2) is 20.0 Å². The second-order valence-electron chi connectivity index (χ2n) is 11.6. The largest absolute Gasteiger partial charge is 0.245 e. The molecule has 0 aromatic heterocycles. The Labute approximate surface area is 289 Å². The molecular weight excluding hydrogens is 631 g/mol. The summed E-state index contributed by atoms with van der Waals surface area (Å²) in [5, 5.41) is 1.13. The van der Waals surface area contributed by atoms with Crippen molar-refractivity contribution in [3.63, 3.8) is 0 Å². The first kappa shape index (κ1) is 29.9. The highest BCUT2D eigenvalue weighted by Gasteiger charge is 2.64. The van der Waals surface area contributed by atoms with Gasteiger partial charge in [0.2, 0.25) is 0 Å². The summed E-state index contributed by atoms with van der Waals surface area (Å²) in [7, 11) is 0. The van der Waals surface area contributed by atoms with Gasteiger partial charge in [-0.15, -0.1) is 0 Å². The average Bonchev–Trinajstić information content (AvgIpc) is 3.76. The van der Waals surface area contributed by atoms with Crippen LogP contribution in [0.4, 0.5) is 0 Å². The highest BCUT2D eigenvalue weighted by molar-refractivity contribution is 6.37. The van der Waals surface area contributed by atoms with E-state index in [2.05, 4.69) is 48.5 Å². The Bertz CT molecular complexity index is 2090. The van der Waals surface area contributed by atoms with Gasteiger partial charge in [-0.05, 0) is 46.5 Å². The summed E-state index contributed by atoms with van der Waals surface area (Å²) in [6.07, 6.45) is 0. The van der Waals surface area contributed by atoms with Crippen LogP contribution in [0.25, 0.3) is 0 Å². The van der Waals surface area contributed by atoms with E-state index in [-0.39, 0.29) is 0 Å². The van der Waals surface area contributed by atoms with Crippen LogP contribution in [0.2, 0.25) is 10.0 Å². The lowest BCUT2D eigenvalue weighted by molar-refractivity contribution is 0.420. The number of amidine groups is 2. The SMILES string of the molecule is Clc1ccccc1C1=NC(c2ccccc2)(C2(c3ccccc3)N=C(c3ccccc3Cl)N=C2c2ccccc2)C(c2ccccc2)=N1. The van der Waals surface area contributed by atoms with Crippen molar-refractivity contribution < 1.29 is 0 Å². The van der Waals surface area contributed by atoms with Crippen molar-refractivity contribution >= 4 is 46.3 Å². The number of nitrogens with zero attached hydrogens (tertiary/aromatic N) is 4. The molecule has 8 rings (SSSR count). The molecule has 0 N–H and O–H groups in total. The second-order valence-corrected chi connectivity index (χ2v) is 12.5. The van der Waals surface area contributed by atoms with E-state index >= 15 is 0 Å². The van der Waals surface area contributed by atoms with Crippen molar-refractivity contribution in [1.82, 2.24) is 0 Å². The molecule has 2 unspecified atom stereocenters. The van der Waals surface area contributed by atoms with E-state index < -0.39 is 11.1 Å². The van der Waals surface area contributed by atoms with Gasteiger partial charge in [0.15, 0.2) is 22.7 Å². The van der Waals surface area contributed by atoms with Gasteiger partial charge in [0.25, 0.3) is 0 Å². The minimum Gasteiger partial charge on any atom is -0.245 e. The van der Waals surface area contributed by atoms with Crippen molar-refractivity contribution in [2.24, 2.45) is 20.0 Å². The third-order valence-electron chi connectivity index (χ3n) is 8.90. The highest BCUT2D eigenvalue weighted by Crippen LogP contribution is 2.55. The number of aliphatic imine (C=N–C) groups is 4. The summed E-state index contributed by atoms with van der Waals surface area (Å²) in [4.78, 5) is 22.3. The van der Waals surface area contributed by atoms with Crippen LogP contribution in [0.5, 0.6) is 0 Å². The van der Waals surface area contributed by atoms with E-state index in [1.165, 1.54) is 0 Å². The molecule has 6 heteroatoms. The van der Waals surface area contributed by atoms with Crippen molar-refractivity contribution in [2.45, 2.75) is 11.1 Å². The first-order valence-electron chi connectivity index (χ1n) is 15.7. The summed E-state index contributed by atoms with van der Waals surface area (Å²) in [6, 6.07) is 56.4. The molecular formula is C42H28Cl2N4. The van der Waals surface area contributed by atoms with Crippen LogP contribution in [-0.4, -0.2) is 23.1 Å². The molecule has 0 amide bonds. The summed E-state index contributed by atoms with van der Waals surface area (Å²) in [5.41, 5.74) is 4.10. The average molecular weight is 660 g/mol. The molecule has 6 aromatic carbocycles. The Morgan fingerprint density at radius 3 is 1.02 bits per heavy atom.